The minimum Gasteiger partial charge on any atom is -0.382 e. The van der Waals surface area contributed by atoms with Crippen molar-refractivity contribution in [1.29, 1.82) is 5.26 Å². The molecular weight excluding hydrogens is 350 g/mol. The van der Waals surface area contributed by atoms with E-state index < -0.39 is 0 Å². The van der Waals surface area contributed by atoms with E-state index >= 15 is 0 Å². The fourth-order valence-corrected chi connectivity index (χ4v) is 2.99. The minimum absolute atomic E-state index is 0.439. The van der Waals surface area contributed by atoms with Crippen molar-refractivity contribution in [3.05, 3.63) is 48.3 Å². The van der Waals surface area contributed by atoms with Gasteiger partial charge in [-0.2, -0.15) is 10.4 Å². The van der Waals surface area contributed by atoms with E-state index in [-0.39, 0.29) is 0 Å². The lowest BCUT2D eigenvalue weighted by molar-refractivity contribution is 0.0904. The van der Waals surface area contributed by atoms with Gasteiger partial charge in [0.25, 0.3) is 0 Å². The van der Waals surface area contributed by atoms with E-state index in [2.05, 4.69) is 42.2 Å². The molecular formula is C22H27N5O. The van der Waals surface area contributed by atoms with Crippen LogP contribution < -0.4 is 5.32 Å². The molecule has 0 spiro atoms. The van der Waals surface area contributed by atoms with Crippen molar-refractivity contribution in [2.75, 3.05) is 18.5 Å². The van der Waals surface area contributed by atoms with Crippen molar-refractivity contribution in [3.8, 4) is 17.5 Å². The van der Waals surface area contributed by atoms with E-state index in [0.717, 1.165) is 54.6 Å². The van der Waals surface area contributed by atoms with Gasteiger partial charge in [-0.3, -0.25) is 4.98 Å². The summed E-state index contributed by atoms with van der Waals surface area (Å²) in [5.74, 6) is 0.833. The topological polar surface area (TPSA) is 75.2 Å². The lowest BCUT2D eigenvalue weighted by atomic mass is 10.1. The van der Waals surface area contributed by atoms with Crippen LogP contribution in [0.3, 0.4) is 0 Å². The molecule has 3 aromatic rings. The molecule has 28 heavy (non-hydrogen) atoms. The second-order valence-electron chi connectivity index (χ2n) is 7.60. The lowest BCUT2D eigenvalue weighted by Gasteiger charge is -2.24. The van der Waals surface area contributed by atoms with Gasteiger partial charge in [0.05, 0.1) is 28.7 Å². The molecule has 6 nitrogen and oxygen atoms in total. The van der Waals surface area contributed by atoms with Crippen LogP contribution in [0.1, 0.15) is 39.2 Å². The van der Waals surface area contributed by atoms with E-state index in [1.165, 1.54) is 0 Å². The third-order valence-corrected chi connectivity index (χ3v) is 4.24. The average Bonchev–Trinajstić information content (AvgIpc) is 3.11. The molecule has 1 aliphatic heterocycles. The predicted octanol–water partition coefficient (Wildman–Crippen LogP) is 4.52. The van der Waals surface area contributed by atoms with Crippen LogP contribution in [0.25, 0.3) is 16.9 Å². The summed E-state index contributed by atoms with van der Waals surface area (Å²) in [6.45, 7) is 8.12. The van der Waals surface area contributed by atoms with Crippen LogP contribution in [0.5, 0.6) is 0 Å². The number of pyridine rings is 1. The maximum Gasteiger partial charge on any atom is 0.101 e. The van der Waals surface area contributed by atoms with Crippen molar-refractivity contribution < 1.29 is 4.74 Å². The number of hydrogen-bond donors (Lipinski definition) is 1. The van der Waals surface area contributed by atoms with Gasteiger partial charge in [-0.1, -0.05) is 20.8 Å². The molecule has 1 aliphatic rings. The van der Waals surface area contributed by atoms with E-state index in [1.807, 2.05) is 30.3 Å². The van der Waals surface area contributed by atoms with Gasteiger partial charge < -0.3 is 10.1 Å². The predicted molar refractivity (Wildman–Crippen MR) is 111 cm³/mol. The first-order chi connectivity index (χ1) is 13.6. The van der Waals surface area contributed by atoms with Crippen molar-refractivity contribution in [2.24, 2.45) is 5.92 Å². The highest BCUT2D eigenvalue weighted by Crippen LogP contribution is 2.24. The van der Waals surface area contributed by atoms with Gasteiger partial charge in [0.15, 0.2) is 0 Å². The zero-order valence-electron chi connectivity index (χ0n) is 16.7. The number of aromatic nitrogens is 3. The zero-order valence-corrected chi connectivity index (χ0v) is 16.7. The van der Waals surface area contributed by atoms with Crippen molar-refractivity contribution in [3.63, 3.8) is 0 Å². The van der Waals surface area contributed by atoms with E-state index in [0.29, 0.717) is 11.6 Å². The number of ether oxygens (including phenoxy) is 1. The van der Waals surface area contributed by atoms with E-state index in [9.17, 15) is 0 Å². The molecule has 0 unspecified atom stereocenters. The normalized spacial score (nSPS) is 14.4. The Morgan fingerprint density at radius 1 is 1.18 bits per heavy atom. The van der Waals surface area contributed by atoms with E-state index in [4.69, 9.17) is 10.00 Å². The quantitative estimate of drug-likeness (QED) is 0.726. The second kappa shape index (κ2) is 9.34. The van der Waals surface area contributed by atoms with Gasteiger partial charge in [-0.25, -0.2) is 4.52 Å². The summed E-state index contributed by atoms with van der Waals surface area (Å²) in [6, 6.07) is 12.3. The molecule has 146 valence electrons. The fourth-order valence-electron chi connectivity index (χ4n) is 2.99. The SMILES string of the molecule is CC(C)C.N#Cc1cnn2c(-c3cc(NC4CCOCC4)ccn3)ccc2c1. The first kappa shape index (κ1) is 19.8. The first-order valence-electron chi connectivity index (χ1n) is 9.75. The molecule has 4 rings (SSSR count). The highest BCUT2D eigenvalue weighted by Gasteiger charge is 2.14. The molecule has 3 aromatic heterocycles. The van der Waals surface area contributed by atoms with Gasteiger partial charge in [-0.15, -0.1) is 0 Å². The number of nitriles is 1. The second-order valence-corrected chi connectivity index (χ2v) is 7.60. The van der Waals surface area contributed by atoms with Gasteiger partial charge >= 0.3 is 0 Å². The van der Waals surface area contributed by atoms with Crippen LogP contribution in [0.15, 0.2) is 42.7 Å². The van der Waals surface area contributed by atoms with Gasteiger partial charge in [0.1, 0.15) is 6.07 Å². The van der Waals surface area contributed by atoms with Gasteiger partial charge in [0, 0.05) is 31.1 Å². The zero-order chi connectivity index (χ0) is 19.9. The number of nitrogens with one attached hydrogen (secondary N) is 1. The molecule has 1 N–H and O–H groups in total. The Bertz CT molecular complexity index is 948. The van der Waals surface area contributed by atoms with Gasteiger partial charge in [0.2, 0.25) is 0 Å². The molecule has 0 atom stereocenters. The Morgan fingerprint density at radius 2 is 1.93 bits per heavy atom. The maximum atomic E-state index is 8.98. The number of anilines is 1. The number of fused-ring (bicyclic) bond motifs is 1. The molecule has 0 aliphatic carbocycles. The summed E-state index contributed by atoms with van der Waals surface area (Å²) < 4.78 is 7.21. The molecule has 0 bridgehead atoms. The monoisotopic (exact) mass is 377 g/mol. The Balaban J connectivity index is 0.000000516. The minimum atomic E-state index is 0.439. The summed E-state index contributed by atoms with van der Waals surface area (Å²) in [7, 11) is 0. The number of hydrogen-bond acceptors (Lipinski definition) is 5. The summed E-state index contributed by atoms with van der Waals surface area (Å²) in [6.07, 6.45) is 5.41. The maximum absolute atomic E-state index is 8.98. The van der Waals surface area contributed by atoms with E-state index in [1.54, 1.807) is 16.9 Å². The Labute approximate surface area is 166 Å². The first-order valence-corrected chi connectivity index (χ1v) is 9.75. The molecule has 0 radical (unpaired) electrons. The van der Waals surface area contributed by atoms with Crippen molar-refractivity contribution >= 4 is 11.2 Å². The van der Waals surface area contributed by atoms with Crippen molar-refractivity contribution in [1.82, 2.24) is 14.6 Å². The van der Waals surface area contributed by atoms with Crippen LogP contribution >= 0.6 is 0 Å². The average molecular weight is 377 g/mol. The summed E-state index contributed by atoms with van der Waals surface area (Å²) in [5.41, 5.74) is 4.24. The smallest absolute Gasteiger partial charge is 0.101 e. The standard InChI is InChI=1S/C18H17N5O.C4H10/c19-11-13-9-16-1-2-18(23(16)21-12-13)17-10-15(3-6-20-17)22-14-4-7-24-8-5-14;1-4(2)3/h1-3,6,9-10,12,14H,4-5,7-8H2,(H,20,22);4H,1-3H3. The third-order valence-electron chi connectivity index (χ3n) is 4.24. The van der Waals surface area contributed by atoms with Crippen molar-refractivity contribution in [2.45, 2.75) is 39.7 Å². The highest BCUT2D eigenvalue weighted by molar-refractivity contribution is 5.67. The van der Waals surface area contributed by atoms with Crippen LogP contribution in [0.4, 0.5) is 5.69 Å². The Hall–Kier alpha value is -2.91. The summed E-state index contributed by atoms with van der Waals surface area (Å²) in [4.78, 5) is 4.48. The molecule has 6 heteroatoms. The molecule has 0 saturated carbocycles. The highest BCUT2D eigenvalue weighted by atomic mass is 16.5. The van der Waals surface area contributed by atoms with Crippen LogP contribution in [-0.2, 0) is 4.74 Å². The molecule has 1 fully saturated rings. The Morgan fingerprint density at radius 3 is 2.64 bits per heavy atom. The lowest BCUT2D eigenvalue weighted by Crippen LogP contribution is -2.27. The van der Waals surface area contributed by atoms with Crippen LogP contribution in [-0.4, -0.2) is 33.9 Å². The molecule has 4 heterocycles. The summed E-state index contributed by atoms with van der Waals surface area (Å²) >= 11 is 0. The van der Waals surface area contributed by atoms with Crippen LogP contribution in [0, 0.1) is 17.2 Å². The third kappa shape index (κ3) is 5.08. The van der Waals surface area contributed by atoms with Gasteiger partial charge in [-0.05, 0) is 49.1 Å². The molecule has 1 saturated heterocycles. The number of rotatable bonds is 3. The summed E-state index contributed by atoms with van der Waals surface area (Å²) in [5, 5.41) is 16.9. The Kier molecular flexibility index (Phi) is 6.62. The number of nitrogens with zero attached hydrogens (tertiary/aromatic N) is 4. The fraction of sp³-hybridized carbons (Fsp3) is 0.409. The largest absolute Gasteiger partial charge is 0.382 e. The molecule has 0 aromatic carbocycles. The molecule has 0 amide bonds. The van der Waals surface area contributed by atoms with Crippen LogP contribution in [0.2, 0.25) is 0 Å².